The van der Waals surface area contributed by atoms with E-state index in [-0.39, 0.29) is 0 Å². The van der Waals surface area contributed by atoms with E-state index < -0.39 is 0 Å². The Morgan fingerprint density at radius 2 is 1.08 bits per heavy atom. The fourth-order valence-corrected chi connectivity index (χ4v) is 1.60. The van der Waals surface area contributed by atoms with Crippen LogP contribution in [0.4, 0.5) is 0 Å². The normalized spacial score (nSPS) is 10.5. The first-order valence-corrected chi connectivity index (χ1v) is 4.24. The summed E-state index contributed by atoms with van der Waals surface area (Å²) >= 11 is 0. The van der Waals surface area contributed by atoms with Crippen molar-refractivity contribution >= 4 is 10.8 Å². The van der Waals surface area contributed by atoms with Crippen LogP contribution in [0.2, 0.25) is 0 Å². The maximum absolute atomic E-state index is 2.18. The second-order valence-electron chi connectivity index (χ2n) is 3.24. The maximum Gasteiger partial charge on any atom is -0.0152 e. The zero-order valence-electron chi connectivity index (χ0n) is 7.46. The SMILES string of the molecule is Cc1ccc(C)c2ccccc12. The highest BCUT2D eigenvalue weighted by molar-refractivity contribution is 5.88. The van der Waals surface area contributed by atoms with Crippen molar-refractivity contribution in [2.75, 3.05) is 0 Å². The first-order valence-electron chi connectivity index (χ1n) is 4.24. The number of fused-ring (bicyclic) bond motifs is 1. The number of aryl methyl sites for hydroxylation is 2. The number of hydrogen-bond acceptors (Lipinski definition) is 0. The van der Waals surface area contributed by atoms with Crippen LogP contribution in [0.15, 0.2) is 36.4 Å². The molecule has 0 aliphatic heterocycles. The molecule has 2 aromatic carbocycles. The van der Waals surface area contributed by atoms with E-state index in [0.717, 1.165) is 0 Å². The van der Waals surface area contributed by atoms with E-state index in [1.807, 2.05) is 0 Å². The van der Waals surface area contributed by atoms with Gasteiger partial charge in [-0.3, -0.25) is 0 Å². The van der Waals surface area contributed by atoms with Crippen molar-refractivity contribution in [1.29, 1.82) is 0 Å². The van der Waals surface area contributed by atoms with Gasteiger partial charge in [0.2, 0.25) is 0 Å². The summed E-state index contributed by atoms with van der Waals surface area (Å²) in [6.45, 7) is 4.31. The summed E-state index contributed by atoms with van der Waals surface area (Å²) in [7, 11) is 0. The van der Waals surface area contributed by atoms with Crippen molar-refractivity contribution in [3.8, 4) is 0 Å². The number of rotatable bonds is 0. The molecule has 0 amide bonds. The van der Waals surface area contributed by atoms with Crippen LogP contribution in [0.5, 0.6) is 0 Å². The minimum absolute atomic E-state index is 1.36. The Morgan fingerprint density at radius 3 is 1.50 bits per heavy atom. The molecule has 12 heavy (non-hydrogen) atoms. The van der Waals surface area contributed by atoms with Gasteiger partial charge < -0.3 is 0 Å². The van der Waals surface area contributed by atoms with Crippen molar-refractivity contribution in [3.05, 3.63) is 47.5 Å². The van der Waals surface area contributed by atoms with Crippen LogP contribution in [-0.2, 0) is 0 Å². The van der Waals surface area contributed by atoms with Gasteiger partial charge in [0.05, 0.1) is 0 Å². The summed E-state index contributed by atoms with van der Waals surface area (Å²) in [6, 6.07) is 12.9. The van der Waals surface area contributed by atoms with Crippen molar-refractivity contribution in [3.63, 3.8) is 0 Å². The molecule has 0 unspecified atom stereocenters. The molecule has 0 heteroatoms. The summed E-state index contributed by atoms with van der Waals surface area (Å²) in [5.74, 6) is 0. The van der Waals surface area contributed by atoms with Crippen LogP contribution in [0.25, 0.3) is 10.8 Å². The van der Waals surface area contributed by atoms with Crippen molar-refractivity contribution < 1.29 is 0 Å². The smallest absolute Gasteiger partial charge is 0.0152 e. The molecule has 0 nitrogen and oxygen atoms in total. The van der Waals surface area contributed by atoms with Gasteiger partial charge in [-0.05, 0) is 35.7 Å². The molecule has 0 atom stereocenters. The lowest BCUT2D eigenvalue weighted by molar-refractivity contribution is 1.46. The van der Waals surface area contributed by atoms with Gasteiger partial charge in [-0.1, -0.05) is 36.4 Å². The van der Waals surface area contributed by atoms with Gasteiger partial charge in [0.1, 0.15) is 0 Å². The molecule has 0 aliphatic rings. The summed E-state index contributed by atoms with van der Waals surface area (Å²) < 4.78 is 0. The molecule has 2 aromatic rings. The molecule has 0 heterocycles. The van der Waals surface area contributed by atoms with Gasteiger partial charge in [-0.15, -0.1) is 0 Å². The summed E-state index contributed by atoms with van der Waals surface area (Å²) in [5.41, 5.74) is 2.72. The fourth-order valence-electron chi connectivity index (χ4n) is 1.60. The molecule has 0 saturated carbocycles. The Morgan fingerprint density at radius 1 is 0.667 bits per heavy atom. The molecule has 0 aliphatic carbocycles. The molecule has 0 spiro atoms. The van der Waals surface area contributed by atoms with Crippen LogP contribution in [-0.4, -0.2) is 0 Å². The van der Waals surface area contributed by atoms with Gasteiger partial charge in [0.15, 0.2) is 0 Å². The van der Waals surface area contributed by atoms with Crippen LogP contribution < -0.4 is 0 Å². The van der Waals surface area contributed by atoms with Gasteiger partial charge in [0.25, 0.3) is 0 Å². The topological polar surface area (TPSA) is 0 Å². The minimum Gasteiger partial charge on any atom is -0.0616 e. The highest BCUT2D eigenvalue weighted by Crippen LogP contribution is 2.20. The first kappa shape index (κ1) is 7.35. The zero-order valence-corrected chi connectivity index (χ0v) is 7.46. The third-order valence-corrected chi connectivity index (χ3v) is 2.36. The lowest BCUT2D eigenvalue weighted by atomic mass is 10.0. The van der Waals surface area contributed by atoms with E-state index in [1.165, 1.54) is 21.9 Å². The van der Waals surface area contributed by atoms with Crippen molar-refractivity contribution in [2.45, 2.75) is 13.8 Å². The van der Waals surface area contributed by atoms with Gasteiger partial charge >= 0.3 is 0 Å². The first-order chi connectivity index (χ1) is 5.79. The predicted octanol–water partition coefficient (Wildman–Crippen LogP) is 3.46. The summed E-state index contributed by atoms with van der Waals surface area (Å²) in [5, 5.41) is 2.75. The lowest BCUT2D eigenvalue weighted by Gasteiger charge is -2.03. The van der Waals surface area contributed by atoms with Gasteiger partial charge in [-0.25, -0.2) is 0 Å². The Hall–Kier alpha value is -1.30. The second kappa shape index (κ2) is 2.63. The van der Waals surface area contributed by atoms with E-state index in [0.29, 0.717) is 0 Å². The average Bonchev–Trinajstić information content (AvgIpc) is 2.12. The Kier molecular flexibility index (Phi) is 1.61. The minimum atomic E-state index is 1.36. The quantitative estimate of drug-likeness (QED) is 0.548. The molecule has 0 radical (unpaired) electrons. The lowest BCUT2D eigenvalue weighted by Crippen LogP contribution is -1.80. The molecule has 2 rings (SSSR count). The molecule has 60 valence electrons. The van der Waals surface area contributed by atoms with E-state index >= 15 is 0 Å². The molecule has 0 bridgehead atoms. The van der Waals surface area contributed by atoms with E-state index in [9.17, 15) is 0 Å². The molecular weight excluding hydrogens is 144 g/mol. The molecule has 0 aromatic heterocycles. The summed E-state index contributed by atoms with van der Waals surface area (Å²) in [4.78, 5) is 0. The van der Waals surface area contributed by atoms with E-state index in [1.54, 1.807) is 0 Å². The van der Waals surface area contributed by atoms with Gasteiger partial charge in [-0.2, -0.15) is 0 Å². The fraction of sp³-hybridized carbons (Fsp3) is 0.167. The zero-order chi connectivity index (χ0) is 8.55. The Balaban J connectivity index is 2.95. The highest BCUT2D eigenvalue weighted by atomic mass is 14.0. The average molecular weight is 156 g/mol. The second-order valence-corrected chi connectivity index (χ2v) is 3.24. The van der Waals surface area contributed by atoms with Crippen LogP contribution in [0, 0.1) is 13.8 Å². The third-order valence-electron chi connectivity index (χ3n) is 2.36. The van der Waals surface area contributed by atoms with E-state index in [2.05, 4.69) is 50.2 Å². The monoisotopic (exact) mass is 156 g/mol. The van der Waals surface area contributed by atoms with Crippen LogP contribution in [0.1, 0.15) is 11.1 Å². The van der Waals surface area contributed by atoms with Gasteiger partial charge in [0, 0.05) is 0 Å². The highest BCUT2D eigenvalue weighted by Gasteiger charge is 1.97. The maximum atomic E-state index is 2.18. The summed E-state index contributed by atoms with van der Waals surface area (Å²) in [6.07, 6.45) is 0. The molecule has 0 saturated heterocycles. The van der Waals surface area contributed by atoms with Crippen molar-refractivity contribution in [1.82, 2.24) is 0 Å². The van der Waals surface area contributed by atoms with Crippen molar-refractivity contribution in [2.24, 2.45) is 0 Å². The van der Waals surface area contributed by atoms with E-state index in [4.69, 9.17) is 0 Å². The standard InChI is InChI=1S/C12H12/c1-9-7-8-10(2)12-6-4-3-5-11(9)12/h3-8H,1-2H3. The third kappa shape index (κ3) is 1.00. The molecular formula is C12H12. The predicted molar refractivity (Wildman–Crippen MR) is 53.4 cm³/mol. The molecule has 0 N–H and O–H groups in total. The number of benzene rings is 2. The van der Waals surface area contributed by atoms with Crippen LogP contribution in [0.3, 0.4) is 0 Å². The molecule has 0 fully saturated rings. The Bertz CT molecular complexity index is 373. The Labute approximate surface area is 72.8 Å². The largest absolute Gasteiger partial charge is 0.0616 e. The number of hydrogen-bond donors (Lipinski definition) is 0. The van der Waals surface area contributed by atoms with Crippen LogP contribution >= 0.6 is 0 Å².